The van der Waals surface area contributed by atoms with E-state index in [1.807, 2.05) is 0 Å². The van der Waals surface area contributed by atoms with E-state index in [0.29, 0.717) is 11.3 Å². The highest BCUT2D eigenvalue weighted by Gasteiger charge is 2.53. The predicted octanol–water partition coefficient (Wildman–Crippen LogP) is 0.461. The summed E-state index contributed by atoms with van der Waals surface area (Å²) in [6.45, 7) is 0. The monoisotopic (exact) mass is 224 g/mol. The number of aliphatic carboxylic acids is 2. The fourth-order valence-corrected chi connectivity index (χ4v) is 1.46. The minimum absolute atomic E-state index is 0.270. The van der Waals surface area contributed by atoms with E-state index in [0.717, 1.165) is 0 Å². The van der Waals surface area contributed by atoms with Gasteiger partial charge in [-0.05, 0) is 6.07 Å². The molecule has 16 heavy (non-hydrogen) atoms. The molecule has 1 aliphatic rings. The first-order valence-corrected chi connectivity index (χ1v) is 4.46. The molecule has 1 aromatic carbocycles. The zero-order chi connectivity index (χ0) is 11.8. The van der Waals surface area contributed by atoms with Gasteiger partial charge in [0, 0.05) is 12.0 Å². The number of hydrogen-bond donors (Lipinski definition) is 2. The lowest BCUT2D eigenvalue weighted by Crippen LogP contribution is -2.53. The third kappa shape index (κ3) is 1.40. The number of hydrogen-bond acceptors (Lipinski definition) is 4. The summed E-state index contributed by atoms with van der Waals surface area (Å²) >= 11 is 0. The molecule has 1 heterocycles. The fourth-order valence-electron chi connectivity index (χ4n) is 1.46. The molecule has 0 atom stereocenters. The van der Waals surface area contributed by atoms with Gasteiger partial charge in [-0.3, -0.25) is 0 Å². The molecule has 6 heteroatoms. The summed E-state index contributed by atoms with van der Waals surface area (Å²) in [5.74, 6) is -2.84. The minimum atomic E-state index is -2.37. The number of rotatable bonds is 2. The van der Waals surface area contributed by atoms with Crippen molar-refractivity contribution in [2.75, 3.05) is 0 Å². The number of fused-ring (bicyclic) bond motifs is 1. The maximum absolute atomic E-state index is 10.9. The molecule has 0 aromatic heterocycles. The maximum atomic E-state index is 10.9. The van der Waals surface area contributed by atoms with Crippen molar-refractivity contribution in [3.05, 3.63) is 29.8 Å². The van der Waals surface area contributed by atoms with E-state index >= 15 is 0 Å². The molecule has 0 aliphatic carbocycles. The molecule has 0 spiro atoms. The molecule has 1 aliphatic heterocycles. The standard InChI is InChI=1S/C10H8O6/c11-8(12)10(9(13)14)5-6-3-1-2-4-7(6)15-16-10/h1-4H,5H2,(H,11,12)(H,13,14). The van der Waals surface area contributed by atoms with Crippen LogP contribution in [0.25, 0.3) is 0 Å². The summed E-state index contributed by atoms with van der Waals surface area (Å²) in [7, 11) is 0. The Balaban J connectivity index is 2.43. The Bertz CT molecular complexity index is 438. The first kappa shape index (κ1) is 10.4. The van der Waals surface area contributed by atoms with Crippen LogP contribution in [0.4, 0.5) is 0 Å². The Morgan fingerprint density at radius 2 is 1.81 bits per heavy atom. The zero-order valence-electron chi connectivity index (χ0n) is 8.04. The van der Waals surface area contributed by atoms with E-state index in [4.69, 9.17) is 15.1 Å². The van der Waals surface area contributed by atoms with Gasteiger partial charge in [0.15, 0.2) is 5.75 Å². The van der Waals surface area contributed by atoms with Crippen LogP contribution >= 0.6 is 0 Å². The highest BCUT2D eigenvalue weighted by Crippen LogP contribution is 2.32. The van der Waals surface area contributed by atoms with Crippen molar-refractivity contribution in [1.29, 1.82) is 0 Å². The van der Waals surface area contributed by atoms with E-state index in [2.05, 4.69) is 4.89 Å². The van der Waals surface area contributed by atoms with Crippen LogP contribution in [0.2, 0.25) is 0 Å². The SMILES string of the molecule is O=C(O)C1(C(=O)O)Cc2ccccc2OO1. The van der Waals surface area contributed by atoms with Crippen LogP contribution in [0.15, 0.2) is 24.3 Å². The van der Waals surface area contributed by atoms with Crippen molar-refractivity contribution in [1.82, 2.24) is 0 Å². The summed E-state index contributed by atoms with van der Waals surface area (Å²) in [6.07, 6.45) is -0.270. The molecule has 1 aromatic rings. The van der Waals surface area contributed by atoms with Gasteiger partial charge in [0.2, 0.25) is 0 Å². The van der Waals surface area contributed by atoms with Crippen molar-refractivity contribution in [3.8, 4) is 5.75 Å². The second-order valence-electron chi connectivity index (χ2n) is 3.39. The Hall–Kier alpha value is -2.08. The van der Waals surface area contributed by atoms with Gasteiger partial charge in [-0.25, -0.2) is 9.59 Å². The average Bonchev–Trinajstić information content (AvgIpc) is 2.27. The van der Waals surface area contributed by atoms with Gasteiger partial charge in [-0.2, -0.15) is 4.89 Å². The molecule has 0 bridgehead atoms. The van der Waals surface area contributed by atoms with Gasteiger partial charge in [0.05, 0.1) is 0 Å². The third-order valence-electron chi connectivity index (χ3n) is 2.38. The largest absolute Gasteiger partial charge is 0.479 e. The molecule has 0 saturated carbocycles. The molecular formula is C10H8O6. The van der Waals surface area contributed by atoms with Crippen LogP contribution in [0, 0.1) is 0 Å². The molecule has 6 nitrogen and oxygen atoms in total. The van der Waals surface area contributed by atoms with Crippen LogP contribution in [0.1, 0.15) is 5.56 Å². The fraction of sp³-hybridized carbons (Fsp3) is 0.200. The van der Waals surface area contributed by atoms with Crippen LogP contribution in [0.5, 0.6) is 5.75 Å². The zero-order valence-corrected chi connectivity index (χ0v) is 8.04. The summed E-state index contributed by atoms with van der Waals surface area (Å²) in [6, 6.07) is 6.51. The summed E-state index contributed by atoms with van der Waals surface area (Å²) < 4.78 is 0. The van der Waals surface area contributed by atoms with Gasteiger partial charge < -0.3 is 15.1 Å². The molecule has 0 unspecified atom stereocenters. The Kier molecular flexibility index (Phi) is 2.28. The van der Waals surface area contributed by atoms with Gasteiger partial charge in [0.25, 0.3) is 0 Å². The number of benzene rings is 1. The lowest BCUT2D eigenvalue weighted by molar-refractivity contribution is -0.293. The second kappa shape index (κ2) is 3.49. The average molecular weight is 224 g/mol. The summed E-state index contributed by atoms with van der Waals surface area (Å²) in [5.41, 5.74) is -1.88. The lowest BCUT2D eigenvalue weighted by Gasteiger charge is -2.28. The lowest BCUT2D eigenvalue weighted by atomic mass is 9.93. The van der Waals surface area contributed by atoms with E-state index in [9.17, 15) is 9.59 Å². The number of para-hydroxylation sites is 1. The van der Waals surface area contributed by atoms with E-state index in [1.165, 1.54) is 0 Å². The summed E-state index contributed by atoms with van der Waals surface area (Å²) in [5, 5.41) is 17.8. The number of carboxylic acid groups (broad SMARTS) is 2. The van der Waals surface area contributed by atoms with Crippen LogP contribution in [-0.2, 0) is 20.9 Å². The number of carbonyl (C=O) groups is 2. The molecule has 2 rings (SSSR count). The van der Waals surface area contributed by atoms with Crippen molar-refractivity contribution >= 4 is 11.9 Å². The topological polar surface area (TPSA) is 93.1 Å². The first-order chi connectivity index (χ1) is 7.56. The van der Waals surface area contributed by atoms with Crippen LogP contribution in [-0.4, -0.2) is 27.8 Å². The van der Waals surface area contributed by atoms with Gasteiger partial charge in [-0.1, -0.05) is 18.2 Å². The van der Waals surface area contributed by atoms with E-state index < -0.39 is 17.5 Å². The van der Waals surface area contributed by atoms with Gasteiger partial charge in [-0.15, -0.1) is 0 Å². The normalized spacial score (nSPS) is 17.0. The van der Waals surface area contributed by atoms with Crippen LogP contribution in [0.3, 0.4) is 0 Å². The molecule has 2 N–H and O–H groups in total. The Morgan fingerprint density at radius 3 is 2.44 bits per heavy atom. The molecule has 0 radical (unpaired) electrons. The quantitative estimate of drug-likeness (QED) is 0.560. The predicted molar refractivity (Wildman–Crippen MR) is 49.9 cm³/mol. The minimum Gasteiger partial charge on any atom is -0.479 e. The summed E-state index contributed by atoms with van der Waals surface area (Å²) in [4.78, 5) is 31.1. The first-order valence-electron chi connectivity index (χ1n) is 4.46. The molecule has 84 valence electrons. The third-order valence-corrected chi connectivity index (χ3v) is 2.38. The van der Waals surface area contributed by atoms with Crippen LogP contribution < -0.4 is 4.89 Å². The highest BCUT2D eigenvalue weighted by molar-refractivity contribution is 6.02. The number of carboxylic acids is 2. The molecule has 0 saturated heterocycles. The Morgan fingerprint density at radius 1 is 1.19 bits per heavy atom. The molecule has 0 fully saturated rings. The van der Waals surface area contributed by atoms with E-state index in [1.54, 1.807) is 24.3 Å². The van der Waals surface area contributed by atoms with Gasteiger partial charge >= 0.3 is 17.5 Å². The van der Waals surface area contributed by atoms with Gasteiger partial charge in [0.1, 0.15) is 0 Å². The van der Waals surface area contributed by atoms with Crippen molar-refractivity contribution in [3.63, 3.8) is 0 Å². The Labute approximate surface area is 90.0 Å². The molecule has 0 amide bonds. The maximum Gasteiger partial charge on any atom is 0.352 e. The molecular weight excluding hydrogens is 216 g/mol. The van der Waals surface area contributed by atoms with Crippen molar-refractivity contribution in [2.24, 2.45) is 0 Å². The van der Waals surface area contributed by atoms with Crippen molar-refractivity contribution < 1.29 is 29.6 Å². The van der Waals surface area contributed by atoms with E-state index in [-0.39, 0.29) is 6.42 Å². The van der Waals surface area contributed by atoms with Crippen molar-refractivity contribution in [2.45, 2.75) is 12.0 Å². The smallest absolute Gasteiger partial charge is 0.352 e. The second-order valence-corrected chi connectivity index (χ2v) is 3.39. The highest BCUT2D eigenvalue weighted by atomic mass is 17.2.